The Bertz CT molecular complexity index is 1300. The van der Waals surface area contributed by atoms with Gasteiger partial charge in [0.2, 0.25) is 5.06 Å². The molecule has 4 aromatic rings. The third kappa shape index (κ3) is 4.09. The van der Waals surface area contributed by atoms with Gasteiger partial charge in [-0.2, -0.15) is 9.78 Å². The normalized spacial score (nSPS) is 11.1. The van der Waals surface area contributed by atoms with Crippen LogP contribution in [0.25, 0.3) is 5.69 Å². The average Bonchev–Trinajstić information content (AvgIpc) is 3.28. The van der Waals surface area contributed by atoms with Gasteiger partial charge in [0.25, 0.3) is 0 Å². The predicted octanol–water partition coefficient (Wildman–Crippen LogP) is 3.55. The van der Waals surface area contributed by atoms with Crippen molar-refractivity contribution >= 4 is 11.3 Å². The molecule has 7 nitrogen and oxygen atoms in total. The molecule has 0 spiro atoms. The molecular formula is C20H15F3N4O3S. The number of aliphatic hydroxyl groups is 1. The molecule has 0 aliphatic rings. The van der Waals surface area contributed by atoms with Crippen molar-refractivity contribution in [3.63, 3.8) is 0 Å². The topological polar surface area (TPSA) is 82.2 Å². The van der Waals surface area contributed by atoms with Gasteiger partial charge in [-0.25, -0.2) is 22.9 Å². The van der Waals surface area contributed by atoms with E-state index < -0.39 is 23.1 Å². The van der Waals surface area contributed by atoms with Crippen molar-refractivity contribution in [2.75, 3.05) is 0 Å². The monoisotopic (exact) mass is 448 g/mol. The van der Waals surface area contributed by atoms with Gasteiger partial charge in [-0.15, -0.1) is 0 Å². The van der Waals surface area contributed by atoms with E-state index in [1.54, 1.807) is 6.92 Å². The first kappa shape index (κ1) is 20.8. The maximum atomic E-state index is 14.6. The minimum atomic E-state index is -0.784. The molecule has 31 heavy (non-hydrogen) atoms. The first-order chi connectivity index (χ1) is 14.9. The molecule has 0 fully saturated rings. The van der Waals surface area contributed by atoms with Crippen LogP contribution in [0.1, 0.15) is 16.3 Å². The molecule has 2 aromatic heterocycles. The molecule has 2 aromatic carbocycles. The number of ether oxygens (including phenoxy) is 1. The summed E-state index contributed by atoms with van der Waals surface area (Å²) in [6, 6.07) is 7.17. The fourth-order valence-corrected chi connectivity index (χ4v) is 3.69. The number of aryl methyl sites for hydroxylation is 1. The van der Waals surface area contributed by atoms with Gasteiger partial charge in [0.1, 0.15) is 23.7 Å². The first-order valence-electron chi connectivity index (χ1n) is 8.99. The smallest absolute Gasteiger partial charge is 0.350 e. The molecule has 0 saturated heterocycles. The van der Waals surface area contributed by atoms with Gasteiger partial charge in [0.05, 0.1) is 23.8 Å². The van der Waals surface area contributed by atoms with Gasteiger partial charge in [-0.1, -0.05) is 17.4 Å². The van der Waals surface area contributed by atoms with Crippen LogP contribution in [0, 0.1) is 24.4 Å². The predicted molar refractivity (Wildman–Crippen MR) is 106 cm³/mol. The van der Waals surface area contributed by atoms with Crippen molar-refractivity contribution in [1.82, 2.24) is 19.3 Å². The molecule has 0 bridgehead atoms. The summed E-state index contributed by atoms with van der Waals surface area (Å²) in [5.41, 5.74) is -0.582. The second-order valence-corrected chi connectivity index (χ2v) is 7.66. The fraction of sp³-hybridized carbons (Fsp3) is 0.150. The molecular weight excluding hydrogens is 433 g/mol. The average molecular weight is 448 g/mol. The Kier molecular flexibility index (Phi) is 5.61. The molecule has 0 unspecified atom stereocenters. The minimum absolute atomic E-state index is 0.102. The number of benzene rings is 2. The quantitative estimate of drug-likeness (QED) is 0.488. The van der Waals surface area contributed by atoms with Gasteiger partial charge in [0.15, 0.2) is 11.6 Å². The molecule has 4 rings (SSSR count). The number of halogens is 3. The second kappa shape index (κ2) is 8.36. The summed E-state index contributed by atoms with van der Waals surface area (Å²) in [5.74, 6) is -2.46. The number of aromatic nitrogens is 4. The van der Waals surface area contributed by atoms with Crippen LogP contribution in [0.3, 0.4) is 0 Å². The van der Waals surface area contributed by atoms with Crippen LogP contribution in [0.15, 0.2) is 47.5 Å². The summed E-state index contributed by atoms with van der Waals surface area (Å²) in [5, 5.41) is 14.1. The lowest BCUT2D eigenvalue weighted by Gasteiger charge is -2.07. The van der Waals surface area contributed by atoms with Crippen molar-refractivity contribution in [1.29, 1.82) is 0 Å². The standard InChI is InChI=1S/C20H15F3N4O3S/c1-11-25-17(9-28)19(31-11)30-18-6-5-12(7-16(18)23)27-20(29)26(10-24-27)8-13-14(21)3-2-4-15(13)22/h2-7,10,28H,8-9H2,1H3. The number of nitrogens with zero attached hydrogens (tertiary/aromatic N) is 4. The van der Waals surface area contributed by atoms with Crippen LogP contribution in [0.2, 0.25) is 0 Å². The van der Waals surface area contributed by atoms with Crippen LogP contribution >= 0.6 is 11.3 Å². The van der Waals surface area contributed by atoms with E-state index in [0.717, 1.165) is 45.1 Å². The minimum Gasteiger partial charge on any atom is -0.441 e. The van der Waals surface area contributed by atoms with Crippen LogP contribution in [-0.4, -0.2) is 24.4 Å². The highest BCUT2D eigenvalue weighted by atomic mass is 32.1. The van der Waals surface area contributed by atoms with Gasteiger partial charge in [0, 0.05) is 11.6 Å². The Morgan fingerprint density at radius 3 is 2.55 bits per heavy atom. The lowest BCUT2D eigenvalue weighted by atomic mass is 10.2. The summed E-state index contributed by atoms with van der Waals surface area (Å²) in [6.07, 6.45) is 1.12. The summed E-state index contributed by atoms with van der Waals surface area (Å²) < 4.78 is 49.8. The Morgan fingerprint density at radius 2 is 1.87 bits per heavy atom. The van der Waals surface area contributed by atoms with Gasteiger partial charge < -0.3 is 9.84 Å². The highest BCUT2D eigenvalue weighted by Gasteiger charge is 2.16. The molecule has 0 radical (unpaired) electrons. The summed E-state index contributed by atoms with van der Waals surface area (Å²) in [7, 11) is 0. The van der Waals surface area contributed by atoms with Crippen LogP contribution in [0.4, 0.5) is 13.2 Å². The SMILES string of the molecule is Cc1nc(CO)c(Oc2ccc(-n3ncn(Cc4c(F)cccc4F)c3=O)cc2F)s1. The number of hydrogen-bond donors (Lipinski definition) is 1. The molecule has 11 heteroatoms. The zero-order chi connectivity index (χ0) is 22.1. The van der Waals surface area contributed by atoms with Gasteiger partial charge in [-0.3, -0.25) is 4.57 Å². The van der Waals surface area contributed by atoms with Crippen LogP contribution < -0.4 is 10.4 Å². The Morgan fingerprint density at radius 1 is 1.13 bits per heavy atom. The first-order valence-corrected chi connectivity index (χ1v) is 9.81. The molecule has 0 aliphatic heterocycles. The number of hydrogen-bond acceptors (Lipinski definition) is 6. The van der Waals surface area contributed by atoms with Crippen LogP contribution in [-0.2, 0) is 13.2 Å². The fourth-order valence-electron chi connectivity index (χ4n) is 2.91. The maximum Gasteiger partial charge on any atom is 0.350 e. The highest BCUT2D eigenvalue weighted by Crippen LogP contribution is 2.33. The number of aliphatic hydroxyl groups excluding tert-OH is 1. The molecule has 2 heterocycles. The zero-order valence-corrected chi connectivity index (χ0v) is 16.9. The summed E-state index contributed by atoms with van der Waals surface area (Å²) in [6.45, 7) is 1.01. The Labute approximate surface area is 177 Å². The van der Waals surface area contributed by atoms with E-state index in [1.165, 1.54) is 18.2 Å². The van der Waals surface area contributed by atoms with E-state index in [0.29, 0.717) is 10.7 Å². The largest absolute Gasteiger partial charge is 0.441 e. The lowest BCUT2D eigenvalue weighted by Crippen LogP contribution is -2.24. The summed E-state index contributed by atoms with van der Waals surface area (Å²) in [4.78, 5) is 16.7. The molecule has 0 saturated carbocycles. The Hall–Kier alpha value is -3.44. The molecule has 1 N–H and O–H groups in total. The van der Waals surface area contributed by atoms with E-state index in [1.807, 2.05) is 0 Å². The Balaban J connectivity index is 1.61. The van der Waals surface area contributed by atoms with E-state index in [-0.39, 0.29) is 35.2 Å². The molecule has 160 valence electrons. The highest BCUT2D eigenvalue weighted by molar-refractivity contribution is 7.13. The van der Waals surface area contributed by atoms with E-state index in [4.69, 9.17) is 4.74 Å². The maximum absolute atomic E-state index is 14.6. The zero-order valence-electron chi connectivity index (χ0n) is 16.1. The van der Waals surface area contributed by atoms with Crippen molar-refractivity contribution in [2.24, 2.45) is 0 Å². The van der Waals surface area contributed by atoms with E-state index >= 15 is 0 Å². The molecule has 0 atom stereocenters. The third-order valence-electron chi connectivity index (χ3n) is 4.40. The van der Waals surface area contributed by atoms with Crippen molar-refractivity contribution in [2.45, 2.75) is 20.1 Å². The molecule has 0 aliphatic carbocycles. The van der Waals surface area contributed by atoms with Crippen molar-refractivity contribution < 1.29 is 23.0 Å². The number of rotatable bonds is 6. The van der Waals surface area contributed by atoms with Crippen molar-refractivity contribution in [3.8, 4) is 16.5 Å². The molecule has 0 amide bonds. The van der Waals surface area contributed by atoms with Crippen molar-refractivity contribution in [3.05, 3.63) is 86.9 Å². The van der Waals surface area contributed by atoms with Crippen LogP contribution in [0.5, 0.6) is 10.8 Å². The number of thiazole rings is 1. The van der Waals surface area contributed by atoms with E-state index in [9.17, 15) is 23.1 Å². The van der Waals surface area contributed by atoms with Gasteiger partial charge >= 0.3 is 5.69 Å². The van der Waals surface area contributed by atoms with E-state index in [2.05, 4.69) is 10.1 Å². The lowest BCUT2D eigenvalue weighted by molar-refractivity contribution is 0.272. The van der Waals surface area contributed by atoms with Gasteiger partial charge in [-0.05, 0) is 31.2 Å². The second-order valence-electron chi connectivity index (χ2n) is 6.50. The summed E-state index contributed by atoms with van der Waals surface area (Å²) >= 11 is 1.16. The third-order valence-corrected chi connectivity index (χ3v) is 5.30.